The minimum atomic E-state index is 0.0327. The largest absolute Gasteiger partial charge is 0.360 e. The van der Waals surface area contributed by atoms with E-state index in [0.717, 1.165) is 31.1 Å². The average Bonchev–Trinajstić information content (AvgIpc) is 2.85. The molecular weight excluding hydrogens is 244 g/mol. The van der Waals surface area contributed by atoms with E-state index < -0.39 is 0 Å². The number of anilines is 1. The molecule has 0 aliphatic carbocycles. The van der Waals surface area contributed by atoms with Gasteiger partial charge in [0, 0.05) is 38.3 Å². The highest BCUT2D eigenvalue weighted by atomic mass is 16.5. The number of carbonyl (C=O) groups is 1. The molecule has 2 heterocycles. The van der Waals surface area contributed by atoms with Gasteiger partial charge in [-0.1, -0.05) is 12.1 Å². The maximum atomic E-state index is 12.0. The molecule has 1 aromatic heterocycles. The second kappa shape index (κ2) is 5.95. The number of urea groups is 1. The lowest BCUT2D eigenvalue weighted by Gasteiger charge is -2.35. The molecule has 0 saturated carbocycles. The van der Waals surface area contributed by atoms with Gasteiger partial charge in [-0.15, -0.1) is 0 Å². The fourth-order valence-corrected chi connectivity index (χ4v) is 2.05. The van der Waals surface area contributed by atoms with Crippen LogP contribution in [0.25, 0.3) is 0 Å². The summed E-state index contributed by atoms with van der Waals surface area (Å²) in [5.74, 6) is 1.67. The maximum absolute atomic E-state index is 12.0. The van der Waals surface area contributed by atoms with Gasteiger partial charge in [0.25, 0.3) is 0 Å². The minimum absolute atomic E-state index is 0.0327. The molecule has 0 bridgehead atoms. The van der Waals surface area contributed by atoms with Gasteiger partial charge in [-0.05, 0) is 20.3 Å². The normalized spacial score (nSPS) is 17.4. The van der Waals surface area contributed by atoms with E-state index >= 15 is 0 Å². The van der Waals surface area contributed by atoms with Gasteiger partial charge in [0.15, 0.2) is 5.82 Å². The van der Waals surface area contributed by atoms with Crippen LogP contribution in [0.1, 0.15) is 26.0 Å². The van der Waals surface area contributed by atoms with Crippen molar-refractivity contribution >= 4 is 11.8 Å². The van der Waals surface area contributed by atoms with Crippen molar-refractivity contribution in [3.63, 3.8) is 0 Å². The van der Waals surface area contributed by atoms with Gasteiger partial charge >= 0.3 is 6.03 Å². The topological polar surface area (TPSA) is 61.6 Å². The molecule has 6 heteroatoms. The van der Waals surface area contributed by atoms with Crippen LogP contribution < -0.4 is 10.2 Å². The monoisotopic (exact) mass is 266 g/mol. The quantitative estimate of drug-likeness (QED) is 0.903. The van der Waals surface area contributed by atoms with Crippen molar-refractivity contribution < 1.29 is 9.32 Å². The van der Waals surface area contributed by atoms with Crippen molar-refractivity contribution in [2.24, 2.45) is 0 Å². The van der Waals surface area contributed by atoms with Crippen LogP contribution in [0.4, 0.5) is 10.6 Å². The fourth-order valence-electron chi connectivity index (χ4n) is 2.05. The molecule has 1 aliphatic rings. The number of aryl methyl sites for hydroxylation is 1. The van der Waals surface area contributed by atoms with Crippen LogP contribution in [0.3, 0.4) is 0 Å². The van der Waals surface area contributed by atoms with Crippen LogP contribution in [-0.2, 0) is 0 Å². The highest BCUT2D eigenvalue weighted by Crippen LogP contribution is 2.15. The van der Waals surface area contributed by atoms with Crippen LogP contribution in [0.5, 0.6) is 0 Å². The Balaban J connectivity index is 1.83. The van der Waals surface area contributed by atoms with E-state index in [2.05, 4.69) is 22.3 Å². The first-order chi connectivity index (χ1) is 9.10. The molecular formula is C13H22N4O2. The molecule has 2 amide bonds. The van der Waals surface area contributed by atoms with Gasteiger partial charge in [-0.25, -0.2) is 4.79 Å². The zero-order chi connectivity index (χ0) is 13.8. The van der Waals surface area contributed by atoms with E-state index in [1.165, 1.54) is 0 Å². The number of hydrogen-bond donors (Lipinski definition) is 1. The lowest BCUT2D eigenvalue weighted by Crippen LogP contribution is -2.53. The van der Waals surface area contributed by atoms with Crippen molar-refractivity contribution in [3.05, 3.63) is 11.8 Å². The summed E-state index contributed by atoms with van der Waals surface area (Å²) in [7, 11) is 0. The average molecular weight is 266 g/mol. The Kier molecular flexibility index (Phi) is 4.29. The molecule has 1 aromatic rings. The van der Waals surface area contributed by atoms with E-state index in [1.807, 2.05) is 24.8 Å². The van der Waals surface area contributed by atoms with Crippen molar-refractivity contribution in [2.75, 3.05) is 31.1 Å². The number of nitrogens with one attached hydrogen (secondary N) is 1. The number of hydrogen-bond acceptors (Lipinski definition) is 4. The predicted octanol–water partition coefficient (Wildman–Crippen LogP) is 1.61. The van der Waals surface area contributed by atoms with Crippen molar-refractivity contribution in [1.82, 2.24) is 15.4 Å². The number of carbonyl (C=O) groups excluding carboxylic acids is 1. The Morgan fingerprint density at radius 3 is 2.68 bits per heavy atom. The fraction of sp³-hybridized carbons (Fsp3) is 0.692. The van der Waals surface area contributed by atoms with Gasteiger partial charge < -0.3 is 19.6 Å². The maximum Gasteiger partial charge on any atom is 0.317 e. The van der Waals surface area contributed by atoms with E-state index in [4.69, 9.17) is 4.52 Å². The van der Waals surface area contributed by atoms with E-state index in [1.54, 1.807) is 0 Å². The van der Waals surface area contributed by atoms with Crippen molar-refractivity contribution in [3.8, 4) is 0 Å². The highest BCUT2D eigenvalue weighted by Gasteiger charge is 2.23. The van der Waals surface area contributed by atoms with Crippen LogP contribution >= 0.6 is 0 Å². The number of aromatic nitrogens is 1. The number of amides is 2. The summed E-state index contributed by atoms with van der Waals surface area (Å²) in [6, 6.07) is 2.18. The lowest BCUT2D eigenvalue weighted by atomic mass is 10.2. The van der Waals surface area contributed by atoms with Gasteiger partial charge in [-0.2, -0.15) is 0 Å². The molecule has 1 fully saturated rings. The zero-order valence-corrected chi connectivity index (χ0v) is 11.8. The molecule has 1 N–H and O–H groups in total. The Morgan fingerprint density at radius 1 is 1.47 bits per heavy atom. The molecule has 2 rings (SSSR count). The molecule has 1 unspecified atom stereocenters. The Labute approximate surface area is 113 Å². The summed E-state index contributed by atoms with van der Waals surface area (Å²) in [5.41, 5.74) is 0. The second-order valence-corrected chi connectivity index (χ2v) is 5.03. The molecule has 1 aliphatic heterocycles. The number of rotatable bonds is 3. The van der Waals surface area contributed by atoms with Crippen LogP contribution in [-0.4, -0.2) is 48.3 Å². The second-order valence-electron chi connectivity index (χ2n) is 5.03. The molecule has 106 valence electrons. The first-order valence-electron chi connectivity index (χ1n) is 6.84. The first-order valence-corrected chi connectivity index (χ1v) is 6.84. The highest BCUT2D eigenvalue weighted by molar-refractivity contribution is 5.74. The van der Waals surface area contributed by atoms with E-state index in [9.17, 15) is 4.79 Å². The summed E-state index contributed by atoms with van der Waals surface area (Å²) >= 11 is 0. The molecule has 1 saturated heterocycles. The molecule has 6 nitrogen and oxygen atoms in total. The Bertz CT molecular complexity index is 424. The molecule has 1 atom stereocenters. The molecule has 19 heavy (non-hydrogen) atoms. The van der Waals surface area contributed by atoms with Crippen LogP contribution in [0, 0.1) is 6.92 Å². The van der Waals surface area contributed by atoms with E-state index in [0.29, 0.717) is 13.1 Å². The van der Waals surface area contributed by atoms with Gasteiger partial charge in [-0.3, -0.25) is 0 Å². The predicted molar refractivity (Wildman–Crippen MR) is 73.3 cm³/mol. The lowest BCUT2D eigenvalue weighted by molar-refractivity contribution is 0.190. The summed E-state index contributed by atoms with van der Waals surface area (Å²) < 4.78 is 5.07. The summed E-state index contributed by atoms with van der Waals surface area (Å²) in [6.07, 6.45) is 0.948. The van der Waals surface area contributed by atoms with Gasteiger partial charge in [0.05, 0.1) is 0 Å². The number of piperazine rings is 1. The van der Waals surface area contributed by atoms with Crippen LogP contribution in [0.15, 0.2) is 10.6 Å². The summed E-state index contributed by atoms with van der Waals surface area (Å²) in [4.78, 5) is 16.0. The molecule has 0 aromatic carbocycles. The van der Waals surface area contributed by atoms with Gasteiger partial charge in [0.1, 0.15) is 5.76 Å². The summed E-state index contributed by atoms with van der Waals surface area (Å²) in [5, 5.41) is 7.00. The third-order valence-corrected chi connectivity index (χ3v) is 3.49. The summed E-state index contributed by atoms with van der Waals surface area (Å²) in [6.45, 7) is 8.98. The van der Waals surface area contributed by atoms with E-state index in [-0.39, 0.29) is 12.1 Å². The van der Waals surface area contributed by atoms with Crippen LogP contribution in [0.2, 0.25) is 0 Å². The van der Waals surface area contributed by atoms with Gasteiger partial charge in [0.2, 0.25) is 0 Å². The number of nitrogens with zero attached hydrogens (tertiary/aromatic N) is 3. The smallest absolute Gasteiger partial charge is 0.317 e. The third kappa shape index (κ3) is 3.39. The molecule has 0 radical (unpaired) electrons. The first kappa shape index (κ1) is 13.7. The standard InChI is InChI=1S/C13H22N4O2/c1-4-10(2)14-13(18)17-7-5-16(6-8-17)12-9-11(3)19-15-12/h9-10H,4-8H2,1-3H3,(H,14,18). The third-order valence-electron chi connectivity index (χ3n) is 3.49. The zero-order valence-electron chi connectivity index (χ0n) is 11.8. The minimum Gasteiger partial charge on any atom is -0.360 e. The Hall–Kier alpha value is -1.72. The SMILES string of the molecule is CCC(C)NC(=O)N1CCN(c2cc(C)on2)CC1. The van der Waals surface area contributed by atoms with Crippen molar-refractivity contribution in [2.45, 2.75) is 33.2 Å². The molecule has 0 spiro atoms. The Morgan fingerprint density at radius 2 is 2.16 bits per heavy atom. The van der Waals surface area contributed by atoms with Crippen molar-refractivity contribution in [1.29, 1.82) is 0 Å².